The number of nitrogens with zero attached hydrogens (tertiary/aromatic N) is 6. The van der Waals surface area contributed by atoms with Crippen LogP contribution in [0.5, 0.6) is 5.75 Å². The zero-order valence-corrected chi connectivity index (χ0v) is 20.8. The zero-order chi connectivity index (χ0) is 25.8. The topological polar surface area (TPSA) is 135 Å². The van der Waals surface area contributed by atoms with Crippen molar-refractivity contribution in [3.63, 3.8) is 0 Å². The van der Waals surface area contributed by atoms with Crippen molar-refractivity contribution in [2.75, 3.05) is 6.54 Å². The fourth-order valence-corrected chi connectivity index (χ4v) is 4.05. The number of hydrogen-bond acceptors (Lipinski definition) is 6. The lowest BCUT2D eigenvalue weighted by atomic mass is 9.90. The van der Waals surface area contributed by atoms with Crippen molar-refractivity contribution >= 4 is 40.8 Å². The molecule has 3 N–H and O–H groups in total. The Morgan fingerprint density at radius 3 is 2.35 bits per heavy atom. The van der Waals surface area contributed by atoms with Crippen LogP contribution in [0, 0.1) is 0 Å². The van der Waals surface area contributed by atoms with E-state index in [9.17, 15) is 4.79 Å². The maximum atomic E-state index is 12.6. The second-order valence-corrected chi connectivity index (χ2v) is 8.97. The van der Waals surface area contributed by atoms with E-state index in [1.807, 2.05) is 36.4 Å². The van der Waals surface area contributed by atoms with E-state index in [-0.39, 0.29) is 18.5 Å². The number of ether oxygens (including phenoxy) is 1. The van der Waals surface area contributed by atoms with E-state index in [1.165, 1.54) is 5.01 Å². The van der Waals surface area contributed by atoms with Crippen LogP contribution in [0.1, 0.15) is 33.2 Å². The molecule has 0 radical (unpaired) electrons. The molecule has 37 heavy (non-hydrogen) atoms. The van der Waals surface area contributed by atoms with Gasteiger partial charge < -0.3 is 10.5 Å². The Balaban J connectivity index is 1.38. The number of aliphatic imine (C=N–C) groups is 1. The van der Waals surface area contributed by atoms with Gasteiger partial charge in [0.05, 0.1) is 12.3 Å². The number of nitrogens with one attached hydrogen (secondary N) is 1. The number of hydrazone groups is 1. The van der Waals surface area contributed by atoms with E-state index in [4.69, 9.17) is 38.8 Å². The van der Waals surface area contributed by atoms with Crippen LogP contribution in [0.2, 0.25) is 10.0 Å². The number of carbonyl (C=O) groups excluding carboxylic acids is 1. The van der Waals surface area contributed by atoms with Gasteiger partial charge in [-0.3, -0.25) is 4.79 Å². The molecule has 0 saturated carbocycles. The summed E-state index contributed by atoms with van der Waals surface area (Å²) in [6.07, 6.45) is 0. The predicted molar refractivity (Wildman–Crippen MR) is 140 cm³/mol. The molecule has 3 aromatic carbocycles. The van der Waals surface area contributed by atoms with Crippen LogP contribution in [-0.2, 0) is 6.61 Å². The van der Waals surface area contributed by atoms with Gasteiger partial charge in [-0.25, -0.2) is 5.01 Å². The molecule has 2 heterocycles. The van der Waals surface area contributed by atoms with Gasteiger partial charge in [0, 0.05) is 21.5 Å². The highest BCUT2D eigenvalue weighted by Crippen LogP contribution is 2.30. The van der Waals surface area contributed by atoms with Gasteiger partial charge in [0.2, 0.25) is 11.8 Å². The number of aromatic nitrogens is 4. The summed E-state index contributed by atoms with van der Waals surface area (Å²) >= 11 is 12.0. The lowest BCUT2D eigenvalue weighted by molar-refractivity contribution is 0.100. The highest BCUT2D eigenvalue weighted by molar-refractivity contribution is 6.31. The molecule has 1 atom stereocenters. The molecule has 4 aromatic rings. The molecule has 1 aromatic heterocycles. The number of aromatic amines is 1. The number of tetrazole rings is 1. The Kier molecular flexibility index (Phi) is 7.11. The molecule has 0 bridgehead atoms. The van der Waals surface area contributed by atoms with E-state index in [0.29, 0.717) is 33.7 Å². The largest absolute Gasteiger partial charge is 0.485 e. The van der Waals surface area contributed by atoms with E-state index < -0.39 is 5.91 Å². The van der Waals surface area contributed by atoms with Crippen LogP contribution in [0.4, 0.5) is 0 Å². The number of hydrogen-bond donors (Lipinski definition) is 2. The molecular formula is C25H20Cl2N8O2. The number of carbonyl (C=O) groups is 1. The number of nitrogens with two attached hydrogens (primary N) is 1. The zero-order valence-electron chi connectivity index (χ0n) is 19.3. The molecule has 186 valence electrons. The van der Waals surface area contributed by atoms with Crippen molar-refractivity contribution in [1.82, 2.24) is 25.6 Å². The van der Waals surface area contributed by atoms with Crippen molar-refractivity contribution in [1.29, 1.82) is 0 Å². The van der Waals surface area contributed by atoms with Gasteiger partial charge in [-0.15, -0.1) is 10.2 Å². The van der Waals surface area contributed by atoms with Crippen molar-refractivity contribution in [2.24, 2.45) is 15.8 Å². The number of amides is 1. The van der Waals surface area contributed by atoms with Gasteiger partial charge in [0.15, 0.2) is 6.61 Å². The first-order chi connectivity index (χ1) is 18.0. The van der Waals surface area contributed by atoms with Crippen LogP contribution in [0.15, 0.2) is 82.9 Å². The lowest BCUT2D eigenvalue weighted by Crippen LogP contribution is -2.33. The van der Waals surface area contributed by atoms with Gasteiger partial charge in [0.25, 0.3) is 5.91 Å². The van der Waals surface area contributed by atoms with Gasteiger partial charge in [-0.05, 0) is 59.7 Å². The third-order valence-electron chi connectivity index (χ3n) is 5.67. The molecule has 1 aliphatic rings. The third-order valence-corrected chi connectivity index (χ3v) is 6.17. The Labute approximate surface area is 221 Å². The average Bonchev–Trinajstić information content (AvgIpc) is 3.59. The van der Waals surface area contributed by atoms with Crippen LogP contribution in [0.25, 0.3) is 0 Å². The number of guanidine groups is 1. The Hall–Kier alpha value is -4.28. The summed E-state index contributed by atoms with van der Waals surface area (Å²) in [6.45, 7) is 0.587. The molecule has 5 rings (SSSR count). The van der Waals surface area contributed by atoms with Gasteiger partial charge >= 0.3 is 0 Å². The Morgan fingerprint density at radius 2 is 1.70 bits per heavy atom. The highest BCUT2D eigenvalue weighted by atomic mass is 35.5. The monoisotopic (exact) mass is 534 g/mol. The summed E-state index contributed by atoms with van der Waals surface area (Å²) in [7, 11) is 0. The van der Waals surface area contributed by atoms with Crippen LogP contribution in [0.3, 0.4) is 0 Å². The molecule has 0 spiro atoms. The number of benzene rings is 3. The quantitative estimate of drug-likeness (QED) is 0.281. The maximum absolute atomic E-state index is 12.6. The van der Waals surface area contributed by atoms with Crippen LogP contribution in [-0.4, -0.2) is 49.8 Å². The van der Waals surface area contributed by atoms with Gasteiger partial charge in [-0.1, -0.05) is 52.7 Å². The molecule has 12 heteroatoms. The molecule has 0 fully saturated rings. The SMILES string of the molecule is NC(=NC(=O)c1ccc(Cl)cc1)N1CC(c2ccc(OCc3nn[nH]n3)cc2)C(c2ccc(Cl)cc2)=N1. The summed E-state index contributed by atoms with van der Waals surface area (Å²) in [5.74, 6) is 0.475. The summed E-state index contributed by atoms with van der Waals surface area (Å²) in [6, 6.07) is 21.5. The van der Waals surface area contributed by atoms with E-state index in [2.05, 4.69) is 25.6 Å². The summed E-state index contributed by atoms with van der Waals surface area (Å²) in [5, 5.41) is 21.0. The van der Waals surface area contributed by atoms with Gasteiger partial charge in [0.1, 0.15) is 5.75 Å². The standard InChI is InChI=1S/C25H20Cl2N8O2/c26-18-7-1-16(2-8-18)23-21(15-5-11-20(12-6-15)37-14-22-30-33-34-31-22)13-35(32-23)25(28)29-24(36)17-3-9-19(27)10-4-17/h1-12,21H,13-14H2,(H2,28,29,36)(H,30,31,33,34). The normalized spacial score (nSPS) is 15.5. The fraction of sp³-hybridized carbons (Fsp3) is 0.120. The Bertz CT molecular complexity index is 1440. The second-order valence-electron chi connectivity index (χ2n) is 8.09. The molecule has 1 amide bonds. The lowest BCUT2D eigenvalue weighted by Gasteiger charge is -2.16. The predicted octanol–water partition coefficient (Wildman–Crippen LogP) is 4.04. The number of halogens is 2. The molecule has 1 unspecified atom stereocenters. The second kappa shape index (κ2) is 10.8. The first kappa shape index (κ1) is 24.4. The maximum Gasteiger partial charge on any atom is 0.280 e. The summed E-state index contributed by atoms with van der Waals surface area (Å²) in [4.78, 5) is 16.7. The van der Waals surface area contributed by atoms with Crippen molar-refractivity contribution in [3.05, 3.63) is 105 Å². The van der Waals surface area contributed by atoms with Gasteiger partial charge in [-0.2, -0.15) is 15.3 Å². The number of H-pyrrole nitrogens is 1. The van der Waals surface area contributed by atoms with Crippen molar-refractivity contribution in [2.45, 2.75) is 12.5 Å². The minimum atomic E-state index is -0.482. The molecule has 1 aliphatic heterocycles. The minimum absolute atomic E-state index is 0.00557. The van der Waals surface area contributed by atoms with Crippen LogP contribution < -0.4 is 10.5 Å². The first-order valence-electron chi connectivity index (χ1n) is 11.2. The van der Waals surface area contributed by atoms with E-state index in [1.54, 1.807) is 36.4 Å². The van der Waals surface area contributed by atoms with Crippen molar-refractivity contribution in [3.8, 4) is 5.75 Å². The smallest absolute Gasteiger partial charge is 0.280 e. The number of rotatable bonds is 6. The summed E-state index contributed by atoms with van der Waals surface area (Å²) < 4.78 is 5.72. The molecule has 10 nitrogen and oxygen atoms in total. The van der Waals surface area contributed by atoms with Crippen molar-refractivity contribution < 1.29 is 9.53 Å². The molecule has 0 aliphatic carbocycles. The third kappa shape index (κ3) is 5.76. The van der Waals surface area contributed by atoms with E-state index in [0.717, 1.165) is 16.8 Å². The Morgan fingerprint density at radius 1 is 1.03 bits per heavy atom. The molecular weight excluding hydrogens is 515 g/mol. The average molecular weight is 535 g/mol. The van der Waals surface area contributed by atoms with Crippen LogP contribution >= 0.6 is 23.2 Å². The summed E-state index contributed by atoms with van der Waals surface area (Å²) in [5.41, 5.74) is 9.24. The highest BCUT2D eigenvalue weighted by Gasteiger charge is 2.31. The molecule has 0 saturated heterocycles. The fourth-order valence-electron chi connectivity index (χ4n) is 3.79. The van der Waals surface area contributed by atoms with E-state index >= 15 is 0 Å². The first-order valence-corrected chi connectivity index (χ1v) is 11.9. The minimum Gasteiger partial charge on any atom is -0.485 e.